The second-order valence-corrected chi connectivity index (χ2v) is 16.8. The van der Waals surface area contributed by atoms with Gasteiger partial charge in [0.25, 0.3) is 0 Å². The lowest BCUT2D eigenvalue weighted by molar-refractivity contribution is -0.140. The van der Waals surface area contributed by atoms with Gasteiger partial charge >= 0.3 is 0 Å². The summed E-state index contributed by atoms with van der Waals surface area (Å²) in [6, 6.07) is 24.5. The highest BCUT2D eigenvalue weighted by Gasteiger charge is 2.51. The van der Waals surface area contributed by atoms with Gasteiger partial charge in [-0.25, -0.2) is 8.42 Å². The zero-order valence-electron chi connectivity index (χ0n) is 28.2. The first kappa shape index (κ1) is 33.3. The number of sulfonamides is 1. The van der Waals surface area contributed by atoms with Crippen LogP contribution in [0.25, 0.3) is 0 Å². The van der Waals surface area contributed by atoms with Crippen molar-refractivity contribution in [3.05, 3.63) is 101 Å². The van der Waals surface area contributed by atoms with Gasteiger partial charge in [-0.15, -0.1) is 0 Å². The molecule has 7 rings (SSSR count). The van der Waals surface area contributed by atoms with Crippen LogP contribution in [0.15, 0.2) is 78.9 Å². The topological polar surface area (TPSA) is 86.8 Å². The van der Waals surface area contributed by atoms with Crippen molar-refractivity contribution in [3.63, 3.8) is 0 Å². The normalized spacial score (nSPS) is 23.8. The van der Waals surface area contributed by atoms with E-state index in [2.05, 4.69) is 17.4 Å². The maximum Gasteiger partial charge on any atom is 0.244 e. The first-order valence-electron chi connectivity index (χ1n) is 17.2. The summed E-state index contributed by atoms with van der Waals surface area (Å²) in [6.45, 7) is 5.54. The van der Waals surface area contributed by atoms with Gasteiger partial charge in [-0.2, -0.15) is 0 Å². The van der Waals surface area contributed by atoms with E-state index in [9.17, 15) is 18.0 Å². The molecule has 4 aliphatic rings. The highest BCUT2D eigenvalue weighted by atomic mass is 32.2. The molecule has 4 aliphatic carbocycles. The largest absolute Gasteiger partial charge is 0.352 e. The summed E-state index contributed by atoms with van der Waals surface area (Å²) in [6.07, 6.45) is 9.20. The van der Waals surface area contributed by atoms with Gasteiger partial charge in [0, 0.05) is 19.0 Å². The van der Waals surface area contributed by atoms with E-state index in [0.717, 1.165) is 40.7 Å². The first-order valence-corrected chi connectivity index (χ1v) is 19.0. The minimum absolute atomic E-state index is 0.128. The molecule has 3 aromatic carbocycles. The SMILES string of the molecule is Cc1cccc(CN(C(=O)CN(c2ccc(C34CC5CC(CC(C5)C3)C4)cc2)S(C)(=O)=O)C(Cc2ccccc2)C(=O)NC(C)C)c1. The fourth-order valence-corrected chi connectivity index (χ4v) is 9.85. The third-order valence-corrected chi connectivity index (χ3v) is 11.8. The second kappa shape index (κ2) is 13.5. The van der Waals surface area contributed by atoms with Gasteiger partial charge in [0.1, 0.15) is 12.6 Å². The number of nitrogens with one attached hydrogen (secondary N) is 1. The van der Waals surface area contributed by atoms with Crippen molar-refractivity contribution in [3.8, 4) is 0 Å². The number of hydrogen-bond acceptors (Lipinski definition) is 4. The van der Waals surface area contributed by atoms with Crippen LogP contribution in [-0.4, -0.2) is 50.0 Å². The monoisotopic (exact) mass is 655 g/mol. The lowest BCUT2D eigenvalue weighted by Gasteiger charge is -2.57. The number of carbonyl (C=O) groups is 2. The van der Waals surface area contributed by atoms with E-state index in [1.807, 2.05) is 87.5 Å². The molecule has 1 N–H and O–H groups in total. The van der Waals surface area contributed by atoms with Gasteiger partial charge in [0.15, 0.2) is 0 Å². The molecule has 0 aromatic heterocycles. The molecule has 250 valence electrons. The maximum atomic E-state index is 14.4. The molecule has 0 saturated heterocycles. The second-order valence-electron chi connectivity index (χ2n) is 14.9. The summed E-state index contributed by atoms with van der Waals surface area (Å²) in [4.78, 5) is 29.8. The zero-order valence-corrected chi connectivity index (χ0v) is 29.0. The summed E-state index contributed by atoms with van der Waals surface area (Å²) in [5, 5.41) is 3.01. The van der Waals surface area contributed by atoms with Crippen LogP contribution in [0.5, 0.6) is 0 Å². The summed E-state index contributed by atoms with van der Waals surface area (Å²) < 4.78 is 27.8. The van der Waals surface area contributed by atoms with E-state index in [1.165, 1.54) is 48.4 Å². The number of rotatable bonds is 12. The molecule has 0 aliphatic heterocycles. The van der Waals surface area contributed by atoms with E-state index in [4.69, 9.17) is 0 Å². The Balaban J connectivity index is 1.31. The maximum absolute atomic E-state index is 14.4. The van der Waals surface area contributed by atoms with Crippen LogP contribution in [0.1, 0.15) is 74.6 Å². The minimum Gasteiger partial charge on any atom is -0.352 e. The molecule has 7 nitrogen and oxygen atoms in total. The molecule has 4 fully saturated rings. The molecular formula is C39H49N3O4S. The van der Waals surface area contributed by atoms with Crippen LogP contribution in [0.2, 0.25) is 0 Å². The van der Waals surface area contributed by atoms with E-state index in [1.54, 1.807) is 4.90 Å². The highest BCUT2D eigenvalue weighted by Crippen LogP contribution is 2.60. The Morgan fingerprint density at radius 3 is 2.00 bits per heavy atom. The van der Waals surface area contributed by atoms with Crippen molar-refractivity contribution >= 4 is 27.5 Å². The van der Waals surface area contributed by atoms with Crippen molar-refractivity contribution in [2.24, 2.45) is 17.8 Å². The number of carbonyl (C=O) groups excluding carboxylic acids is 2. The summed E-state index contributed by atoms with van der Waals surface area (Å²) in [5.74, 6) is 1.73. The quantitative estimate of drug-likeness (QED) is 0.245. The van der Waals surface area contributed by atoms with Gasteiger partial charge < -0.3 is 10.2 Å². The summed E-state index contributed by atoms with van der Waals surface area (Å²) >= 11 is 0. The van der Waals surface area contributed by atoms with Crippen LogP contribution >= 0.6 is 0 Å². The van der Waals surface area contributed by atoms with E-state index < -0.39 is 28.5 Å². The molecule has 47 heavy (non-hydrogen) atoms. The summed E-state index contributed by atoms with van der Waals surface area (Å²) in [7, 11) is -3.82. The zero-order chi connectivity index (χ0) is 33.3. The molecular weight excluding hydrogens is 607 g/mol. The smallest absolute Gasteiger partial charge is 0.244 e. The van der Waals surface area contributed by atoms with Gasteiger partial charge in [-0.3, -0.25) is 13.9 Å². The lowest BCUT2D eigenvalue weighted by atomic mass is 9.48. The van der Waals surface area contributed by atoms with Gasteiger partial charge in [-0.1, -0.05) is 72.3 Å². The fraction of sp³-hybridized carbons (Fsp3) is 0.487. The Morgan fingerprint density at radius 1 is 0.851 bits per heavy atom. The number of nitrogens with zero attached hydrogens (tertiary/aromatic N) is 2. The number of anilines is 1. The van der Waals surface area contributed by atoms with Crippen LogP contribution in [-0.2, 0) is 38.0 Å². The van der Waals surface area contributed by atoms with Crippen molar-refractivity contribution in [2.75, 3.05) is 17.1 Å². The molecule has 4 saturated carbocycles. The fourth-order valence-electron chi connectivity index (χ4n) is 9.00. The summed E-state index contributed by atoms with van der Waals surface area (Å²) in [5.41, 5.74) is 4.79. The van der Waals surface area contributed by atoms with Crippen molar-refractivity contribution in [1.29, 1.82) is 0 Å². The average molecular weight is 656 g/mol. The molecule has 1 unspecified atom stereocenters. The third-order valence-electron chi connectivity index (χ3n) is 10.6. The molecule has 3 aromatic rings. The van der Waals surface area contributed by atoms with Crippen molar-refractivity contribution < 1.29 is 18.0 Å². The molecule has 8 heteroatoms. The Morgan fingerprint density at radius 2 is 1.45 bits per heavy atom. The van der Waals surface area contributed by atoms with E-state index in [-0.39, 0.29) is 23.9 Å². The van der Waals surface area contributed by atoms with Gasteiger partial charge in [-0.05, 0) is 111 Å². The van der Waals surface area contributed by atoms with Crippen molar-refractivity contribution in [2.45, 2.75) is 89.8 Å². The minimum atomic E-state index is -3.82. The number of hydrogen-bond donors (Lipinski definition) is 1. The number of amides is 2. The molecule has 1 atom stereocenters. The molecule has 0 radical (unpaired) electrons. The highest BCUT2D eigenvalue weighted by molar-refractivity contribution is 7.92. The van der Waals surface area contributed by atoms with Gasteiger partial charge in [0.2, 0.25) is 21.8 Å². The van der Waals surface area contributed by atoms with E-state index in [0.29, 0.717) is 12.1 Å². The Labute approximate surface area is 280 Å². The molecule has 0 heterocycles. The van der Waals surface area contributed by atoms with Crippen LogP contribution < -0.4 is 9.62 Å². The Hall–Kier alpha value is -3.65. The van der Waals surface area contributed by atoms with Gasteiger partial charge in [0.05, 0.1) is 11.9 Å². The van der Waals surface area contributed by atoms with Crippen LogP contribution in [0.4, 0.5) is 5.69 Å². The third kappa shape index (κ3) is 7.58. The number of aryl methyl sites for hydroxylation is 1. The molecule has 2 amide bonds. The molecule has 4 bridgehead atoms. The first-order chi connectivity index (χ1) is 22.4. The number of benzene rings is 3. The van der Waals surface area contributed by atoms with Crippen LogP contribution in [0, 0.1) is 24.7 Å². The molecule has 0 spiro atoms. The van der Waals surface area contributed by atoms with Crippen molar-refractivity contribution in [1.82, 2.24) is 10.2 Å². The lowest BCUT2D eigenvalue weighted by Crippen LogP contribution is -2.54. The van der Waals surface area contributed by atoms with Crippen LogP contribution in [0.3, 0.4) is 0 Å². The Kier molecular flexibility index (Phi) is 9.52. The van der Waals surface area contributed by atoms with E-state index >= 15 is 0 Å². The average Bonchev–Trinajstić information content (AvgIpc) is 3.00. The predicted octanol–water partition coefficient (Wildman–Crippen LogP) is 6.39. The predicted molar refractivity (Wildman–Crippen MR) is 187 cm³/mol. The Bertz CT molecular complexity index is 1650. The standard InChI is InChI=1S/C39H49N3O4S/c1-27(2)40-38(44)36(21-29-10-6-5-7-11-29)41(25-30-12-8-9-28(3)17-30)37(43)26-42(47(4,45)46)35-15-13-34(14-16-35)39-22-31-18-32(23-39)20-33(19-31)24-39/h5-17,27,31-33,36H,18-26H2,1-4H3,(H,40,44).